The number of alkyl halides is 2. The van der Waals surface area contributed by atoms with Crippen LogP contribution < -0.4 is 9.64 Å². The van der Waals surface area contributed by atoms with Crippen LogP contribution in [0.4, 0.5) is 5.69 Å². The van der Waals surface area contributed by atoms with Gasteiger partial charge in [0.2, 0.25) is 11.8 Å². The van der Waals surface area contributed by atoms with Crippen LogP contribution in [-0.2, 0) is 19.2 Å². The minimum Gasteiger partial charge on any atom is -0.503 e. The zero-order valence-corrected chi connectivity index (χ0v) is 27.7. The van der Waals surface area contributed by atoms with Gasteiger partial charge >= 0.3 is 0 Å². The Hall–Kier alpha value is -1.92. The largest absolute Gasteiger partial charge is 0.503 e. The second-order valence-electron chi connectivity index (χ2n) is 10.6. The molecule has 0 spiro atoms. The van der Waals surface area contributed by atoms with Gasteiger partial charge in [-0.2, -0.15) is 0 Å². The normalized spacial score (nSPS) is 32.6. The zero-order chi connectivity index (χ0) is 29.8. The van der Waals surface area contributed by atoms with Crippen molar-refractivity contribution < 1.29 is 29.0 Å². The van der Waals surface area contributed by atoms with E-state index in [4.69, 9.17) is 27.9 Å². The van der Waals surface area contributed by atoms with Crippen LogP contribution in [-0.4, -0.2) is 57.5 Å². The summed E-state index contributed by atoms with van der Waals surface area (Å²) >= 11 is 24.7. The van der Waals surface area contributed by atoms with E-state index in [1.54, 1.807) is 24.3 Å². The SMILES string of the molecule is COc1cc([C@H]2C3=CC[C@@H]4C(=O)N(c5ccc(Br)cc5)C(=O)[C@@H]4[C@@H]3C[C@@]3(Cl)C(=O)N(C)C(=O)[C@@]23Cl)c(Br)c(Br)c1O. The lowest BCUT2D eigenvalue weighted by Gasteiger charge is -2.51. The van der Waals surface area contributed by atoms with Crippen LogP contribution in [0.2, 0.25) is 0 Å². The van der Waals surface area contributed by atoms with Crippen molar-refractivity contribution in [3.8, 4) is 11.5 Å². The maximum atomic E-state index is 14.0. The fourth-order valence-corrected chi connectivity index (χ4v) is 9.14. The van der Waals surface area contributed by atoms with Crippen LogP contribution in [0.1, 0.15) is 24.3 Å². The lowest BCUT2D eigenvalue weighted by molar-refractivity contribution is -0.138. The Balaban J connectivity index is 1.56. The molecule has 4 amide bonds. The van der Waals surface area contributed by atoms with Gasteiger partial charge in [-0.1, -0.05) is 27.6 Å². The molecule has 214 valence electrons. The summed E-state index contributed by atoms with van der Waals surface area (Å²) in [5.41, 5.74) is 1.51. The highest BCUT2D eigenvalue weighted by atomic mass is 79.9. The molecule has 3 fully saturated rings. The number of phenolic OH excluding ortho intramolecular Hbond substituents is 1. The number of methoxy groups -OCH3 is 1. The van der Waals surface area contributed by atoms with Gasteiger partial charge in [0, 0.05) is 21.9 Å². The van der Waals surface area contributed by atoms with Crippen molar-refractivity contribution in [1.29, 1.82) is 0 Å². The molecule has 6 atom stereocenters. The van der Waals surface area contributed by atoms with Gasteiger partial charge in [-0.15, -0.1) is 23.2 Å². The molecule has 0 aromatic heterocycles. The summed E-state index contributed by atoms with van der Waals surface area (Å²) in [6.07, 6.45) is 1.97. The number of nitrogens with zero attached hydrogens (tertiary/aromatic N) is 2. The Morgan fingerprint density at radius 1 is 0.976 bits per heavy atom. The number of allylic oxidation sites excluding steroid dienone is 2. The molecule has 4 aliphatic rings. The highest BCUT2D eigenvalue weighted by Gasteiger charge is 2.76. The van der Waals surface area contributed by atoms with Crippen molar-refractivity contribution in [3.63, 3.8) is 0 Å². The zero-order valence-electron chi connectivity index (χ0n) is 21.5. The van der Waals surface area contributed by atoms with Crippen molar-refractivity contribution in [2.24, 2.45) is 17.8 Å². The first-order valence-corrected chi connectivity index (χ1v) is 15.7. The van der Waals surface area contributed by atoms with Crippen LogP contribution in [0.5, 0.6) is 11.5 Å². The molecule has 2 aliphatic carbocycles. The topological polar surface area (TPSA) is 104 Å². The smallest absolute Gasteiger partial charge is 0.253 e. The number of aromatic hydroxyl groups is 1. The minimum atomic E-state index is -1.96. The average Bonchev–Trinajstić information content (AvgIpc) is 3.28. The number of amides is 4. The summed E-state index contributed by atoms with van der Waals surface area (Å²) in [6.45, 7) is 0. The molecule has 6 rings (SSSR count). The van der Waals surface area contributed by atoms with Crippen molar-refractivity contribution >= 4 is 100 Å². The molecule has 2 aromatic rings. The summed E-state index contributed by atoms with van der Waals surface area (Å²) in [5, 5.41) is 10.6. The highest BCUT2D eigenvalue weighted by Crippen LogP contribution is 2.66. The van der Waals surface area contributed by atoms with Crippen LogP contribution in [0.15, 0.2) is 55.4 Å². The molecule has 2 aliphatic heterocycles. The summed E-state index contributed by atoms with van der Waals surface area (Å²) < 4.78 is 6.82. The maximum Gasteiger partial charge on any atom is 0.253 e. The second kappa shape index (κ2) is 9.80. The fraction of sp³-hybridized carbons (Fsp3) is 0.357. The molecule has 2 saturated heterocycles. The molecule has 2 heterocycles. The van der Waals surface area contributed by atoms with Gasteiger partial charge in [0.15, 0.2) is 21.2 Å². The number of hydrogen-bond acceptors (Lipinski definition) is 6. The lowest BCUT2D eigenvalue weighted by Crippen LogP contribution is -2.60. The third-order valence-electron chi connectivity index (χ3n) is 8.80. The lowest BCUT2D eigenvalue weighted by atomic mass is 9.56. The number of carbonyl (C=O) groups is 4. The number of fused-ring (bicyclic) bond motifs is 4. The molecular weight excluding hydrogens is 771 g/mol. The van der Waals surface area contributed by atoms with E-state index in [0.717, 1.165) is 9.37 Å². The van der Waals surface area contributed by atoms with Gasteiger partial charge in [0.1, 0.15) is 0 Å². The number of phenols is 1. The summed E-state index contributed by atoms with van der Waals surface area (Å²) in [7, 11) is 2.71. The summed E-state index contributed by atoms with van der Waals surface area (Å²) in [6, 6.07) is 8.42. The van der Waals surface area contributed by atoms with E-state index in [2.05, 4.69) is 47.8 Å². The van der Waals surface area contributed by atoms with Gasteiger partial charge in [-0.3, -0.25) is 29.0 Å². The molecule has 2 aromatic carbocycles. The monoisotopic (exact) mass is 788 g/mol. The van der Waals surface area contributed by atoms with Crippen molar-refractivity contribution in [2.45, 2.75) is 28.5 Å². The molecule has 0 unspecified atom stereocenters. The van der Waals surface area contributed by atoms with Gasteiger partial charge in [0.25, 0.3) is 11.8 Å². The molecule has 0 radical (unpaired) electrons. The van der Waals surface area contributed by atoms with Gasteiger partial charge in [-0.05, 0) is 86.5 Å². The van der Waals surface area contributed by atoms with Crippen LogP contribution in [0.3, 0.4) is 0 Å². The van der Waals surface area contributed by atoms with E-state index in [9.17, 15) is 24.3 Å². The van der Waals surface area contributed by atoms with Crippen molar-refractivity contribution in [3.05, 3.63) is 61.0 Å². The molecule has 8 nitrogen and oxygen atoms in total. The Bertz CT molecular complexity index is 1600. The predicted octanol–water partition coefficient (Wildman–Crippen LogP) is 5.88. The van der Waals surface area contributed by atoms with E-state index < -0.39 is 51.1 Å². The molecule has 41 heavy (non-hydrogen) atoms. The Kier molecular flexibility index (Phi) is 6.97. The second-order valence-corrected chi connectivity index (χ2v) is 14.4. The maximum absolute atomic E-state index is 14.0. The summed E-state index contributed by atoms with van der Waals surface area (Å²) in [4.78, 5) is 53.3. The van der Waals surface area contributed by atoms with Crippen LogP contribution >= 0.6 is 71.0 Å². The number of imide groups is 2. The first-order valence-electron chi connectivity index (χ1n) is 12.6. The fourth-order valence-electron chi connectivity index (χ4n) is 6.91. The Morgan fingerprint density at radius 2 is 1.63 bits per heavy atom. The number of rotatable bonds is 3. The summed E-state index contributed by atoms with van der Waals surface area (Å²) in [5.74, 6) is -5.32. The molecule has 1 saturated carbocycles. The van der Waals surface area contributed by atoms with Crippen LogP contribution in [0.25, 0.3) is 0 Å². The Labute approximate surface area is 270 Å². The number of hydrogen-bond donors (Lipinski definition) is 1. The Morgan fingerprint density at radius 3 is 2.27 bits per heavy atom. The number of ether oxygens (including phenoxy) is 1. The first kappa shape index (κ1) is 29.2. The first-order chi connectivity index (χ1) is 19.3. The quantitative estimate of drug-likeness (QED) is 0.237. The molecule has 13 heteroatoms. The number of anilines is 1. The predicted molar refractivity (Wildman–Crippen MR) is 162 cm³/mol. The van der Waals surface area contributed by atoms with Crippen LogP contribution in [0, 0.1) is 17.8 Å². The number of likely N-dealkylation sites (tertiary alicyclic amines) is 1. The van der Waals surface area contributed by atoms with Gasteiger partial charge in [-0.25, -0.2) is 0 Å². The van der Waals surface area contributed by atoms with Gasteiger partial charge < -0.3 is 9.84 Å². The molecular formula is C28H21Br3Cl2N2O6. The third-order valence-corrected chi connectivity index (χ3v) is 12.9. The molecule has 1 N–H and O–H groups in total. The van der Waals surface area contributed by atoms with E-state index in [1.807, 2.05) is 6.08 Å². The van der Waals surface area contributed by atoms with E-state index >= 15 is 0 Å². The number of benzene rings is 2. The number of carbonyl (C=O) groups excluding carboxylic acids is 4. The van der Waals surface area contributed by atoms with E-state index in [-0.39, 0.29) is 34.7 Å². The highest BCUT2D eigenvalue weighted by molar-refractivity contribution is 9.13. The van der Waals surface area contributed by atoms with E-state index in [0.29, 0.717) is 21.3 Å². The standard InChI is InChI=1S/C28H21Br3Cl2N2O6/c1-34-25(39)27(32)10-16-13(7-8-14-18(16)24(38)35(23(14)37)12-5-3-11(29)4-6-12)19(28(27,33)26(34)40)15-9-17(41-2)22(36)21(31)20(15)30/h3-7,9,14,16,18-19,36H,8,10H2,1-2H3/t14-,16+,18-,19+,27+,28-/m0/s1. The van der Waals surface area contributed by atoms with Crippen molar-refractivity contribution in [2.75, 3.05) is 19.1 Å². The van der Waals surface area contributed by atoms with Gasteiger partial charge in [0.05, 0.1) is 29.1 Å². The average molecular weight is 792 g/mol. The number of halogens is 5. The molecule has 0 bridgehead atoms. The van der Waals surface area contributed by atoms with Crippen molar-refractivity contribution in [1.82, 2.24) is 4.90 Å². The minimum absolute atomic E-state index is 0.102. The van der Waals surface area contributed by atoms with E-state index in [1.165, 1.54) is 25.1 Å². The third kappa shape index (κ3) is 3.74.